The third-order valence-electron chi connectivity index (χ3n) is 6.76. The number of halogens is 2. The van der Waals surface area contributed by atoms with Gasteiger partial charge in [-0.1, -0.05) is 53.5 Å². The normalized spacial score (nSPS) is 21.9. The van der Waals surface area contributed by atoms with Gasteiger partial charge in [0.15, 0.2) is 0 Å². The Labute approximate surface area is 207 Å². The molecule has 1 aliphatic heterocycles. The Bertz CT molecular complexity index is 1260. The number of benzene rings is 3. The fourth-order valence-corrected chi connectivity index (χ4v) is 5.30. The van der Waals surface area contributed by atoms with Gasteiger partial charge in [0, 0.05) is 11.3 Å². The van der Waals surface area contributed by atoms with Gasteiger partial charge >= 0.3 is 0 Å². The van der Waals surface area contributed by atoms with Crippen LogP contribution in [-0.2, 0) is 9.59 Å². The van der Waals surface area contributed by atoms with E-state index < -0.39 is 0 Å². The minimum Gasteiger partial charge on any atom is -0.322 e. The van der Waals surface area contributed by atoms with Crippen LogP contribution in [0.4, 0.5) is 11.4 Å². The van der Waals surface area contributed by atoms with Crippen molar-refractivity contribution in [2.75, 3.05) is 10.2 Å². The van der Waals surface area contributed by atoms with Crippen molar-refractivity contribution in [3.05, 3.63) is 94.0 Å². The molecule has 5 nitrogen and oxygen atoms in total. The molecular formula is C27H22Cl2N2O3. The summed E-state index contributed by atoms with van der Waals surface area (Å²) in [6, 6.07) is 21.5. The van der Waals surface area contributed by atoms with E-state index in [1.165, 1.54) is 10.5 Å². The average Bonchev–Trinajstić information content (AvgIpc) is 3.11. The third kappa shape index (κ3) is 4.22. The van der Waals surface area contributed by atoms with E-state index in [0.717, 1.165) is 6.42 Å². The zero-order chi connectivity index (χ0) is 23.8. The van der Waals surface area contributed by atoms with Crippen LogP contribution in [0, 0.1) is 11.8 Å². The molecule has 34 heavy (non-hydrogen) atoms. The van der Waals surface area contributed by atoms with Gasteiger partial charge in [-0.05, 0) is 73.2 Å². The van der Waals surface area contributed by atoms with Gasteiger partial charge in [-0.25, -0.2) is 0 Å². The number of nitrogens with one attached hydrogen (secondary N) is 1. The number of carbonyl (C=O) groups excluding carboxylic acids is 3. The SMILES string of the molecule is O=C(Nc1ccc(Cl)c(Cl)c1)c1ccc(N2C(=O)[C@H]3C[C@@H](c4ccccc4)CC[C@H]3C2=O)cc1. The highest BCUT2D eigenvalue weighted by atomic mass is 35.5. The molecule has 5 rings (SSSR count). The lowest BCUT2D eigenvalue weighted by Gasteiger charge is -2.28. The molecule has 7 heteroatoms. The monoisotopic (exact) mass is 492 g/mol. The van der Waals surface area contributed by atoms with Crippen LogP contribution in [0.1, 0.15) is 41.1 Å². The van der Waals surface area contributed by atoms with Crippen molar-refractivity contribution in [2.24, 2.45) is 11.8 Å². The summed E-state index contributed by atoms with van der Waals surface area (Å²) in [5.74, 6) is -0.915. The number of nitrogens with zero attached hydrogens (tertiary/aromatic N) is 1. The molecule has 3 amide bonds. The molecule has 0 spiro atoms. The average molecular weight is 493 g/mol. The molecule has 3 aromatic rings. The number of carbonyl (C=O) groups is 3. The van der Waals surface area contributed by atoms with Crippen LogP contribution in [0.3, 0.4) is 0 Å². The predicted octanol–water partition coefficient (Wildman–Crippen LogP) is 6.32. The van der Waals surface area contributed by atoms with E-state index in [-0.39, 0.29) is 35.5 Å². The van der Waals surface area contributed by atoms with Crippen molar-refractivity contribution in [2.45, 2.75) is 25.2 Å². The van der Waals surface area contributed by atoms with E-state index in [1.807, 2.05) is 18.2 Å². The Morgan fingerprint density at radius 3 is 2.24 bits per heavy atom. The lowest BCUT2D eigenvalue weighted by atomic mass is 9.73. The molecule has 3 atom stereocenters. The van der Waals surface area contributed by atoms with Crippen LogP contribution >= 0.6 is 23.2 Å². The first-order valence-electron chi connectivity index (χ1n) is 11.2. The Morgan fingerprint density at radius 1 is 0.824 bits per heavy atom. The number of hydrogen-bond donors (Lipinski definition) is 1. The Balaban J connectivity index is 1.30. The molecule has 3 aromatic carbocycles. The van der Waals surface area contributed by atoms with E-state index in [4.69, 9.17) is 23.2 Å². The maximum absolute atomic E-state index is 13.2. The number of anilines is 2. The van der Waals surface area contributed by atoms with Crippen LogP contribution in [0.5, 0.6) is 0 Å². The molecule has 0 radical (unpaired) electrons. The molecule has 0 aromatic heterocycles. The van der Waals surface area contributed by atoms with Crippen LogP contribution < -0.4 is 10.2 Å². The van der Waals surface area contributed by atoms with Crippen LogP contribution in [-0.4, -0.2) is 17.7 Å². The van der Waals surface area contributed by atoms with Crippen LogP contribution in [0.25, 0.3) is 0 Å². The van der Waals surface area contributed by atoms with Crippen LogP contribution in [0.2, 0.25) is 10.0 Å². The van der Waals surface area contributed by atoms with Crippen LogP contribution in [0.15, 0.2) is 72.8 Å². The molecule has 0 bridgehead atoms. The Hall–Kier alpha value is -3.15. The van der Waals surface area contributed by atoms with Gasteiger partial charge in [-0.3, -0.25) is 19.3 Å². The van der Waals surface area contributed by atoms with Gasteiger partial charge < -0.3 is 5.32 Å². The molecule has 1 saturated heterocycles. The topological polar surface area (TPSA) is 66.5 Å². The predicted molar refractivity (Wildman–Crippen MR) is 133 cm³/mol. The van der Waals surface area contributed by atoms with Crippen molar-refractivity contribution in [3.8, 4) is 0 Å². The minimum absolute atomic E-state index is 0.144. The molecule has 1 heterocycles. The highest BCUT2D eigenvalue weighted by Gasteiger charge is 2.50. The Kier molecular flexibility index (Phi) is 6.15. The van der Waals surface area contributed by atoms with E-state index in [9.17, 15) is 14.4 Å². The fraction of sp³-hybridized carbons (Fsp3) is 0.222. The molecule has 0 unspecified atom stereocenters. The standard InChI is InChI=1S/C27H22Cl2N2O3/c28-23-13-9-19(15-24(23)29)30-25(32)17-6-10-20(11-7-17)31-26(33)21-12-8-18(14-22(21)27(31)34)16-4-2-1-3-5-16/h1-7,9-11,13,15,18,21-22H,8,12,14H2,(H,30,32)/t18-,21+,22-/m0/s1. The van der Waals surface area contributed by atoms with Gasteiger partial charge in [0.25, 0.3) is 5.91 Å². The summed E-state index contributed by atoms with van der Waals surface area (Å²) >= 11 is 11.9. The molecule has 172 valence electrons. The van der Waals surface area contributed by atoms with Gasteiger partial charge in [-0.2, -0.15) is 0 Å². The van der Waals surface area contributed by atoms with E-state index >= 15 is 0 Å². The number of rotatable bonds is 4. The first-order valence-corrected chi connectivity index (χ1v) is 12.0. The first kappa shape index (κ1) is 22.6. The van der Waals surface area contributed by atoms with E-state index in [1.54, 1.807) is 42.5 Å². The summed E-state index contributed by atoms with van der Waals surface area (Å²) in [6.07, 6.45) is 2.28. The molecule has 2 fully saturated rings. The van der Waals surface area contributed by atoms with Crippen molar-refractivity contribution >= 4 is 52.3 Å². The summed E-state index contributed by atoms with van der Waals surface area (Å²) in [5, 5.41) is 3.51. The summed E-state index contributed by atoms with van der Waals surface area (Å²) in [5.41, 5.74) is 2.63. The number of hydrogen-bond acceptors (Lipinski definition) is 3. The molecular weight excluding hydrogens is 471 g/mol. The second kappa shape index (κ2) is 9.24. The largest absolute Gasteiger partial charge is 0.322 e. The lowest BCUT2D eigenvalue weighted by Crippen LogP contribution is -2.30. The smallest absolute Gasteiger partial charge is 0.255 e. The minimum atomic E-state index is -0.330. The van der Waals surface area contributed by atoms with Crippen molar-refractivity contribution < 1.29 is 14.4 Å². The van der Waals surface area contributed by atoms with Gasteiger partial charge in [0.05, 0.1) is 27.6 Å². The summed E-state index contributed by atoms with van der Waals surface area (Å²) in [7, 11) is 0. The van der Waals surface area contributed by atoms with Crippen molar-refractivity contribution in [3.63, 3.8) is 0 Å². The second-order valence-corrected chi connectivity index (χ2v) is 9.59. The fourth-order valence-electron chi connectivity index (χ4n) is 5.00. The number of imide groups is 1. The van der Waals surface area contributed by atoms with Crippen molar-refractivity contribution in [1.82, 2.24) is 0 Å². The third-order valence-corrected chi connectivity index (χ3v) is 7.50. The maximum Gasteiger partial charge on any atom is 0.255 e. The first-order chi connectivity index (χ1) is 16.4. The summed E-state index contributed by atoms with van der Waals surface area (Å²) in [4.78, 5) is 40.3. The van der Waals surface area contributed by atoms with Gasteiger partial charge in [0.2, 0.25) is 11.8 Å². The molecule has 1 N–H and O–H groups in total. The van der Waals surface area contributed by atoms with Crippen molar-refractivity contribution in [1.29, 1.82) is 0 Å². The Morgan fingerprint density at radius 2 is 1.53 bits per heavy atom. The van der Waals surface area contributed by atoms with E-state index in [2.05, 4.69) is 17.4 Å². The summed E-state index contributed by atoms with van der Waals surface area (Å²) < 4.78 is 0. The zero-order valence-electron chi connectivity index (χ0n) is 18.2. The molecule has 2 aliphatic rings. The molecule has 1 aliphatic carbocycles. The maximum atomic E-state index is 13.2. The van der Waals surface area contributed by atoms with E-state index in [0.29, 0.717) is 39.8 Å². The highest BCUT2D eigenvalue weighted by Crippen LogP contribution is 2.45. The highest BCUT2D eigenvalue weighted by molar-refractivity contribution is 6.42. The zero-order valence-corrected chi connectivity index (χ0v) is 19.7. The second-order valence-electron chi connectivity index (χ2n) is 8.78. The number of amides is 3. The van der Waals surface area contributed by atoms with Gasteiger partial charge in [-0.15, -0.1) is 0 Å². The number of fused-ring (bicyclic) bond motifs is 1. The lowest BCUT2D eigenvalue weighted by molar-refractivity contribution is -0.122. The summed E-state index contributed by atoms with van der Waals surface area (Å²) in [6.45, 7) is 0. The quantitative estimate of drug-likeness (QED) is 0.433. The van der Waals surface area contributed by atoms with Gasteiger partial charge in [0.1, 0.15) is 0 Å². The molecule has 1 saturated carbocycles.